The lowest BCUT2D eigenvalue weighted by Gasteiger charge is -2.29. The minimum atomic E-state index is 0.223. The van der Waals surface area contributed by atoms with Gasteiger partial charge in [-0.1, -0.05) is 30.9 Å². The molecule has 19 heavy (non-hydrogen) atoms. The van der Waals surface area contributed by atoms with Crippen LogP contribution in [-0.2, 0) is 0 Å². The molecule has 1 heterocycles. The summed E-state index contributed by atoms with van der Waals surface area (Å²) in [4.78, 5) is 19.4. The van der Waals surface area contributed by atoms with Crippen LogP contribution in [0.2, 0.25) is 5.15 Å². The molecule has 5 heteroatoms. The summed E-state index contributed by atoms with van der Waals surface area (Å²) in [5.74, 6) is 1.78. The molecule has 1 aliphatic rings. The Morgan fingerprint density at radius 1 is 1.32 bits per heavy atom. The highest BCUT2D eigenvalue weighted by molar-refractivity contribution is 6.32. The van der Waals surface area contributed by atoms with E-state index in [0.717, 1.165) is 6.29 Å². The number of halogens is 1. The van der Waals surface area contributed by atoms with Crippen molar-refractivity contribution in [2.24, 2.45) is 5.92 Å². The van der Waals surface area contributed by atoms with Gasteiger partial charge in [-0.2, -0.15) is 0 Å². The molecule has 4 nitrogen and oxygen atoms in total. The molecule has 0 aliphatic heterocycles. The van der Waals surface area contributed by atoms with Crippen molar-refractivity contribution in [2.75, 3.05) is 5.32 Å². The number of carbonyl (C=O) groups excluding carboxylic acids is 1. The van der Waals surface area contributed by atoms with Crippen molar-refractivity contribution in [1.29, 1.82) is 0 Å². The molecule has 2 rings (SSSR count). The summed E-state index contributed by atoms with van der Waals surface area (Å²) in [7, 11) is 0. The number of aryl methyl sites for hydroxylation is 1. The van der Waals surface area contributed by atoms with E-state index < -0.39 is 0 Å². The first-order valence-corrected chi connectivity index (χ1v) is 7.25. The van der Waals surface area contributed by atoms with Crippen molar-refractivity contribution in [3.05, 3.63) is 16.5 Å². The van der Waals surface area contributed by atoms with Gasteiger partial charge in [0.25, 0.3) is 0 Å². The van der Waals surface area contributed by atoms with E-state index >= 15 is 0 Å². The molecule has 0 aromatic carbocycles. The van der Waals surface area contributed by atoms with Gasteiger partial charge in [0.05, 0.1) is 5.56 Å². The number of aromatic nitrogens is 2. The lowest BCUT2D eigenvalue weighted by atomic mass is 9.84. The molecule has 1 saturated carbocycles. The van der Waals surface area contributed by atoms with E-state index in [4.69, 9.17) is 11.6 Å². The Morgan fingerprint density at radius 2 is 2.00 bits per heavy atom. The van der Waals surface area contributed by atoms with Crippen LogP contribution < -0.4 is 5.32 Å². The smallest absolute Gasteiger partial charge is 0.156 e. The van der Waals surface area contributed by atoms with Crippen LogP contribution in [0.15, 0.2) is 0 Å². The van der Waals surface area contributed by atoms with Gasteiger partial charge in [-0.25, -0.2) is 9.97 Å². The summed E-state index contributed by atoms with van der Waals surface area (Å²) < 4.78 is 0. The molecular weight excluding hydrogens is 262 g/mol. The van der Waals surface area contributed by atoms with Crippen LogP contribution >= 0.6 is 11.6 Å². The fourth-order valence-corrected chi connectivity index (χ4v) is 2.99. The standard InChI is InChI=1S/C14H20ClN3O/c1-9(11-6-4-3-5-7-11)16-14-12(8-19)13(15)17-10(2)18-14/h8-9,11H,3-7H2,1-2H3,(H,16,17,18). The van der Waals surface area contributed by atoms with Crippen molar-refractivity contribution in [3.8, 4) is 0 Å². The summed E-state index contributed by atoms with van der Waals surface area (Å²) in [5.41, 5.74) is 0.356. The maximum absolute atomic E-state index is 11.1. The highest BCUT2D eigenvalue weighted by atomic mass is 35.5. The van der Waals surface area contributed by atoms with Gasteiger partial charge >= 0.3 is 0 Å². The van der Waals surface area contributed by atoms with Gasteiger partial charge in [0.15, 0.2) is 6.29 Å². The molecule has 1 atom stereocenters. The largest absolute Gasteiger partial charge is 0.367 e. The quantitative estimate of drug-likeness (QED) is 0.676. The van der Waals surface area contributed by atoms with Crippen LogP contribution in [0.1, 0.15) is 55.2 Å². The number of aldehydes is 1. The van der Waals surface area contributed by atoms with Crippen molar-refractivity contribution < 1.29 is 4.79 Å². The first-order valence-electron chi connectivity index (χ1n) is 6.87. The first kappa shape index (κ1) is 14.3. The second-order valence-corrected chi connectivity index (χ2v) is 5.63. The third kappa shape index (κ3) is 3.44. The second-order valence-electron chi connectivity index (χ2n) is 5.27. The first-order chi connectivity index (χ1) is 9.11. The van der Waals surface area contributed by atoms with Gasteiger partial charge in [-0.3, -0.25) is 4.79 Å². The molecule has 1 aromatic heterocycles. The number of nitrogens with one attached hydrogen (secondary N) is 1. The zero-order chi connectivity index (χ0) is 13.8. The lowest BCUT2D eigenvalue weighted by molar-refractivity contribution is 0.112. The van der Waals surface area contributed by atoms with Gasteiger partial charge < -0.3 is 5.32 Å². The van der Waals surface area contributed by atoms with E-state index in [-0.39, 0.29) is 5.15 Å². The number of nitrogens with zero attached hydrogens (tertiary/aromatic N) is 2. The van der Waals surface area contributed by atoms with E-state index in [0.29, 0.717) is 29.2 Å². The molecule has 104 valence electrons. The van der Waals surface area contributed by atoms with Gasteiger partial charge in [-0.05, 0) is 32.6 Å². The monoisotopic (exact) mass is 281 g/mol. The lowest BCUT2D eigenvalue weighted by Crippen LogP contribution is -2.28. The van der Waals surface area contributed by atoms with Gasteiger partial charge in [0, 0.05) is 6.04 Å². The van der Waals surface area contributed by atoms with E-state index in [9.17, 15) is 4.79 Å². The summed E-state index contributed by atoms with van der Waals surface area (Å²) in [5, 5.41) is 3.57. The highest BCUT2D eigenvalue weighted by Crippen LogP contribution is 2.29. The van der Waals surface area contributed by atoms with E-state index in [1.54, 1.807) is 6.92 Å². The van der Waals surface area contributed by atoms with Crippen molar-refractivity contribution >= 4 is 23.7 Å². The molecule has 1 N–H and O–H groups in total. The van der Waals surface area contributed by atoms with Gasteiger partial charge in [0.1, 0.15) is 16.8 Å². The maximum atomic E-state index is 11.1. The Hall–Kier alpha value is -1.16. The maximum Gasteiger partial charge on any atom is 0.156 e. The fourth-order valence-electron chi connectivity index (χ4n) is 2.73. The van der Waals surface area contributed by atoms with Crippen molar-refractivity contribution in [1.82, 2.24) is 9.97 Å². The third-order valence-corrected chi connectivity index (χ3v) is 4.14. The van der Waals surface area contributed by atoms with Crippen LogP contribution in [0.25, 0.3) is 0 Å². The molecule has 0 radical (unpaired) electrons. The predicted octanol–water partition coefficient (Wildman–Crippen LogP) is 3.63. The molecule has 1 aliphatic carbocycles. The van der Waals surface area contributed by atoms with Crippen LogP contribution in [0.4, 0.5) is 5.82 Å². The minimum Gasteiger partial charge on any atom is -0.367 e. The Morgan fingerprint density at radius 3 is 2.63 bits per heavy atom. The number of rotatable bonds is 4. The van der Waals surface area contributed by atoms with Gasteiger partial charge in [-0.15, -0.1) is 0 Å². The fraction of sp³-hybridized carbons (Fsp3) is 0.643. The zero-order valence-electron chi connectivity index (χ0n) is 11.4. The average Bonchev–Trinajstić information content (AvgIpc) is 2.39. The molecule has 1 unspecified atom stereocenters. The SMILES string of the molecule is Cc1nc(Cl)c(C=O)c(NC(C)C2CCCCC2)n1. The Bertz CT molecular complexity index is 458. The van der Waals surface area contributed by atoms with Crippen LogP contribution in [0.5, 0.6) is 0 Å². The minimum absolute atomic E-state index is 0.223. The van der Waals surface area contributed by atoms with Crippen LogP contribution in [0.3, 0.4) is 0 Å². The Balaban J connectivity index is 2.15. The number of carbonyl (C=O) groups is 1. The van der Waals surface area contributed by atoms with Crippen LogP contribution in [-0.4, -0.2) is 22.3 Å². The number of anilines is 1. The average molecular weight is 282 g/mol. The molecule has 1 aromatic rings. The van der Waals surface area contributed by atoms with E-state index in [1.165, 1.54) is 32.1 Å². The summed E-state index contributed by atoms with van der Waals surface area (Å²) in [6.07, 6.45) is 7.12. The van der Waals surface area contributed by atoms with E-state index in [1.807, 2.05) is 0 Å². The molecular formula is C14H20ClN3O. The van der Waals surface area contributed by atoms with Crippen LogP contribution in [0, 0.1) is 12.8 Å². The summed E-state index contributed by atoms with van der Waals surface area (Å²) >= 11 is 5.98. The van der Waals surface area contributed by atoms with E-state index in [2.05, 4.69) is 22.2 Å². The normalized spacial score (nSPS) is 18.1. The topological polar surface area (TPSA) is 54.9 Å². The van der Waals surface area contributed by atoms with Crippen molar-refractivity contribution in [3.63, 3.8) is 0 Å². The second kappa shape index (κ2) is 6.33. The zero-order valence-corrected chi connectivity index (χ0v) is 12.2. The molecule has 1 fully saturated rings. The number of hydrogen-bond acceptors (Lipinski definition) is 4. The Kier molecular flexibility index (Phi) is 4.75. The highest BCUT2D eigenvalue weighted by Gasteiger charge is 2.22. The molecule has 0 spiro atoms. The predicted molar refractivity (Wildman–Crippen MR) is 76.8 cm³/mol. The van der Waals surface area contributed by atoms with Crippen molar-refractivity contribution in [2.45, 2.75) is 52.0 Å². The molecule has 0 saturated heterocycles. The third-order valence-electron chi connectivity index (χ3n) is 3.85. The number of hydrogen-bond donors (Lipinski definition) is 1. The Labute approximate surface area is 119 Å². The molecule has 0 amide bonds. The summed E-state index contributed by atoms with van der Waals surface area (Å²) in [6, 6.07) is 0.296. The van der Waals surface area contributed by atoms with Gasteiger partial charge in [0.2, 0.25) is 0 Å². The molecule has 0 bridgehead atoms. The summed E-state index contributed by atoms with van der Waals surface area (Å²) in [6.45, 7) is 3.92.